The van der Waals surface area contributed by atoms with Crippen LogP contribution in [-0.4, -0.2) is 76.2 Å². The largest absolute Gasteiger partial charge is 0.481 e. The normalized spacial score (nSPS) is 10.6. The first kappa shape index (κ1) is 31.0. The van der Waals surface area contributed by atoms with Gasteiger partial charge >= 0.3 is 23.9 Å². The van der Waals surface area contributed by atoms with Gasteiger partial charge in [0.1, 0.15) is 5.78 Å². The Morgan fingerprint density at radius 1 is 0.897 bits per heavy atom. The SMILES string of the molecule is CC(C)CC(CN)CC(=O)O.C[N+](CC(=O)O)=C(N)N.NCC(=O)CCC(=O)O. The summed E-state index contributed by atoms with van der Waals surface area (Å²) in [4.78, 5) is 40.4. The Kier molecular flexibility index (Phi) is 19.9. The minimum absolute atomic E-state index is 0.0115. The summed E-state index contributed by atoms with van der Waals surface area (Å²) in [5.41, 5.74) is 20.4. The van der Waals surface area contributed by atoms with E-state index in [2.05, 4.69) is 13.8 Å². The van der Waals surface area contributed by atoms with Gasteiger partial charge in [0.05, 0.1) is 20.0 Å². The molecule has 0 aliphatic heterocycles. The molecule has 0 fully saturated rings. The van der Waals surface area contributed by atoms with E-state index < -0.39 is 17.9 Å². The average Bonchev–Trinajstić information content (AvgIpc) is 2.58. The smallest absolute Gasteiger partial charge is 0.341 e. The molecule has 1 unspecified atom stereocenters. The van der Waals surface area contributed by atoms with Crippen LogP contribution in [0.25, 0.3) is 0 Å². The van der Waals surface area contributed by atoms with Crippen molar-refractivity contribution < 1.29 is 39.1 Å². The van der Waals surface area contributed by atoms with Crippen molar-refractivity contribution in [3.05, 3.63) is 0 Å². The molecule has 12 nitrogen and oxygen atoms in total. The van der Waals surface area contributed by atoms with Crippen molar-refractivity contribution in [2.24, 2.45) is 34.8 Å². The van der Waals surface area contributed by atoms with Gasteiger partial charge in [0, 0.05) is 12.8 Å². The Balaban J connectivity index is -0.000000352. The van der Waals surface area contributed by atoms with E-state index in [1.807, 2.05) is 0 Å². The molecule has 0 aromatic rings. The van der Waals surface area contributed by atoms with E-state index in [9.17, 15) is 19.2 Å². The first-order valence-corrected chi connectivity index (χ1v) is 8.92. The van der Waals surface area contributed by atoms with Gasteiger partial charge in [-0.15, -0.1) is 0 Å². The summed E-state index contributed by atoms with van der Waals surface area (Å²) < 4.78 is 1.24. The fraction of sp³-hybridized carbons (Fsp3) is 0.706. The highest BCUT2D eigenvalue weighted by atomic mass is 16.4. The zero-order chi connectivity index (χ0) is 23.6. The number of carbonyl (C=O) groups is 4. The fourth-order valence-electron chi connectivity index (χ4n) is 1.82. The molecule has 0 saturated carbocycles. The van der Waals surface area contributed by atoms with Gasteiger partial charge in [-0.3, -0.25) is 30.4 Å². The lowest BCUT2D eigenvalue weighted by molar-refractivity contribution is -0.489. The summed E-state index contributed by atoms with van der Waals surface area (Å²) in [6, 6.07) is 0. The number of nitrogens with zero attached hydrogens (tertiary/aromatic N) is 1. The van der Waals surface area contributed by atoms with E-state index in [1.54, 1.807) is 0 Å². The van der Waals surface area contributed by atoms with Gasteiger partial charge in [-0.1, -0.05) is 13.8 Å². The number of aliphatic carboxylic acids is 3. The Labute approximate surface area is 170 Å². The third-order valence-electron chi connectivity index (χ3n) is 3.26. The topological polar surface area (TPSA) is 236 Å². The predicted molar refractivity (Wildman–Crippen MR) is 107 cm³/mol. The number of guanidine groups is 1. The quantitative estimate of drug-likeness (QED) is 0.114. The summed E-state index contributed by atoms with van der Waals surface area (Å²) in [7, 11) is 1.50. The van der Waals surface area contributed by atoms with Crippen molar-refractivity contribution in [1.82, 2.24) is 0 Å². The molecule has 0 aromatic carbocycles. The molecule has 0 aliphatic carbocycles. The lowest BCUT2D eigenvalue weighted by Gasteiger charge is -2.13. The Hall–Kier alpha value is -2.73. The first-order chi connectivity index (χ1) is 13.3. The molecule has 0 rings (SSSR count). The van der Waals surface area contributed by atoms with Crippen LogP contribution in [0.3, 0.4) is 0 Å². The molecule has 0 bridgehead atoms. The predicted octanol–water partition coefficient (Wildman–Crippen LogP) is -1.55. The zero-order valence-corrected chi connectivity index (χ0v) is 17.3. The van der Waals surface area contributed by atoms with E-state index in [-0.39, 0.29) is 50.0 Å². The third-order valence-corrected chi connectivity index (χ3v) is 3.26. The number of carbonyl (C=O) groups excluding carboxylic acids is 1. The Morgan fingerprint density at radius 3 is 1.66 bits per heavy atom. The van der Waals surface area contributed by atoms with Crippen LogP contribution >= 0.6 is 0 Å². The second-order valence-corrected chi connectivity index (χ2v) is 6.64. The van der Waals surface area contributed by atoms with Crippen LogP contribution in [0, 0.1) is 11.8 Å². The highest BCUT2D eigenvalue weighted by molar-refractivity contribution is 5.83. The lowest BCUT2D eigenvalue weighted by Crippen LogP contribution is -2.36. The summed E-state index contributed by atoms with van der Waals surface area (Å²) in [5, 5.41) is 24.7. The summed E-state index contributed by atoms with van der Waals surface area (Å²) in [5.74, 6) is -2.19. The number of rotatable bonds is 11. The third kappa shape index (κ3) is 27.6. The molecule has 29 heavy (non-hydrogen) atoms. The van der Waals surface area contributed by atoms with Crippen LogP contribution in [0.1, 0.15) is 39.5 Å². The molecule has 0 spiro atoms. The minimum atomic E-state index is -0.961. The number of likely N-dealkylation sites (N-methyl/N-ethyl adjacent to an activating group) is 1. The molecule has 0 aromatic heterocycles. The molecule has 170 valence electrons. The van der Waals surface area contributed by atoms with Crippen molar-refractivity contribution >= 4 is 29.7 Å². The summed E-state index contributed by atoms with van der Waals surface area (Å²) in [6.07, 6.45) is 1.04. The highest BCUT2D eigenvalue weighted by Crippen LogP contribution is 2.13. The van der Waals surface area contributed by atoms with Gasteiger partial charge in [0.15, 0.2) is 6.54 Å². The Morgan fingerprint density at radius 2 is 1.41 bits per heavy atom. The molecule has 0 aliphatic rings. The lowest BCUT2D eigenvalue weighted by atomic mass is 9.94. The second kappa shape index (κ2) is 18.6. The maximum Gasteiger partial charge on any atom is 0.341 e. The van der Waals surface area contributed by atoms with Crippen molar-refractivity contribution in [2.45, 2.75) is 39.5 Å². The molecular weight excluding hydrogens is 386 g/mol. The number of carboxylic acids is 3. The van der Waals surface area contributed by atoms with Gasteiger partial charge in [-0.05, 0) is 24.8 Å². The molecule has 11 N–H and O–H groups in total. The molecule has 12 heteroatoms. The minimum Gasteiger partial charge on any atom is -0.481 e. The standard InChI is InChI=1S/C8H17NO2.C5H9NO3.C4H9N3O2/c1-6(2)3-7(5-9)4-8(10)11;6-3-4(7)1-2-5(8)9;1-7(4(5)6)2-3(8)9/h6-7H,3-5,9H2,1-2H3,(H,10,11);1-3,6H2,(H,8,9);2H2,1H3,(H4,5,6,8,9)/p+1. The number of carboxylic acid groups (broad SMARTS) is 3. The van der Waals surface area contributed by atoms with E-state index in [0.717, 1.165) is 6.42 Å². The van der Waals surface area contributed by atoms with Crippen molar-refractivity contribution in [3.8, 4) is 0 Å². The molecule has 1 atom stereocenters. The number of Topliss-reactive ketones (excluding diaryl/α,β-unsaturated/α-hetero) is 1. The first-order valence-electron chi connectivity index (χ1n) is 8.92. The fourth-order valence-corrected chi connectivity index (χ4v) is 1.82. The van der Waals surface area contributed by atoms with Crippen LogP contribution in [0.4, 0.5) is 0 Å². The van der Waals surface area contributed by atoms with Gasteiger partial charge < -0.3 is 26.8 Å². The van der Waals surface area contributed by atoms with Crippen LogP contribution in [-0.2, 0) is 19.2 Å². The summed E-state index contributed by atoms with van der Waals surface area (Å²) in [6.45, 7) is 4.40. The average molecular weight is 423 g/mol. The monoisotopic (exact) mass is 422 g/mol. The second-order valence-electron chi connectivity index (χ2n) is 6.64. The van der Waals surface area contributed by atoms with Crippen molar-refractivity contribution in [3.63, 3.8) is 0 Å². The van der Waals surface area contributed by atoms with Gasteiger partial charge in [-0.25, -0.2) is 4.79 Å². The zero-order valence-electron chi connectivity index (χ0n) is 17.3. The molecule has 0 radical (unpaired) electrons. The number of nitrogens with two attached hydrogens (primary N) is 4. The molecular formula is C17H36N5O7+. The van der Waals surface area contributed by atoms with Crippen LogP contribution < -0.4 is 22.9 Å². The van der Waals surface area contributed by atoms with Crippen molar-refractivity contribution in [1.29, 1.82) is 0 Å². The van der Waals surface area contributed by atoms with Crippen LogP contribution in [0.2, 0.25) is 0 Å². The van der Waals surface area contributed by atoms with Crippen LogP contribution in [0.15, 0.2) is 0 Å². The molecule has 0 saturated heterocycles. The Bertz CT molecular complexity index is 546. The van der Waals surface area contributed by atoms with E-state index >= 15 is 0 Å². The highest BCUT2D eigenvalue weighted by Gasteiger charge is 2.12. The number of hydrogen-bond acceptors (Lipinski definition) is 6. The van der Waals surface area contributed by atoms with Crippen LogP contribution in [0.5, 0.6) is 0 Å². The molecule has 0 heterocycles. The summed E-state index contributed by atoms with van der Waals surface area (Å²) >= 11 is 0. The van der Waals surface area contributed by atoms with Gasteiger partial charge in [0.25, 0.3) is 0 Å². The van der Waals surface area contributed by atoms with E-state index in [1.165, 1.54) is 11.6 Å². The molecule has 0 amide bonds. The number of hydrogen-bond donors (Lipinski definition) is 7. The maximum atomic E-state index is 10.3. The van der Waals surface area contributed by atoms with Gasteiger partial charge in [0.2, 0.25) is 0 Å². The van der Waals surface area contributed by atoms with E-state index in [4.69, 9.17) is 38.3 Å². The maximum absolute atomic E-state index is 10.3. The number of ketones is 1. The van der Waals surface area contributed by atoms with Crippen molar-refractivity contribution in [2.75, 3.05) is 26.7 Å². The van der Waals surface area contributed by atoms with E-state index in [0.29, 0.717) is 12.5 Å². The van der Waals surface area contributed by atoms with Gasteiger partial charge in [-0.2, -0.15) is 0 Å².